The number of fused-ring (bicyclic) bond motifs is 1. The van der Waals surface area contributed by atoms with E-state index in [0.29, 0.717) is 35.6 Å². The van der Waals surface area contributed by atoms with Crippen molar-refractivity contribution in [1.29, 1.82) is 0 Å². The molecule has 0 saturated carbocycles. The summed E-state index contributed by atoms with van der Waals surface area (Å²) in [5.41, 5.74) is 4.80. The summed E-state index contributed by atoms with van der Waals surface area (Å²) in [4.78, 5) is 18.3. The van der Waals surface area contributed by atoms with Gasteiger partial charge in [0.05, 0.1) is 7.11 Å². The molecule has 0 radical (unpaired) electrons. The molecule has 1 N–H and O–H groups in total. The average molecular weight is 519 g/mol. The van der Waals surface area contributed by atoms with E-state index in [1.54, 1.807) is 18.9 Å². The van der Waals surface area contributed by atoms with Crippen LogP contribution < -0.4 is 14.8 Å². The predicted molar refractivity (Wildman–Crippen MR) is 146 cm³/mol. The number of methoxy groups -OCH3 is 1. The minimum absolute atomic E-state index is 0.110. The molecule has 5 rings (SSSR count). The summed E-state index contributed by atoms with van der Waals surface area (Å²) < 4.78 is 13.7. The SMILES string of the molecule is CCCSc1nc2n(n1)C(c1ccc(OCc3cccc(C)c3)c(OC)c1)C1=C(CC(C)(C)CC1=O)N2. The van der Waals surface area contributed by atoms with Gasteiger partial charge in [-0.25, -0.2) is 4.68 Å². The quantitative estimate of drug-likeness (QED) is 0.349. The highest BCUT2D eigenvalue weighted by molar-refractivity contribution is 7.99. The lowest BCUT2D eigenvalue weighted by Crippen LogP contribution is -2.36. The van der Waals surface area contributed by atoms with E-state index in [9.17, 15) is 4.79 Å². The highest BCUT2D eigenvalue weighted by atomic mass is 32.2. The predicted octanol–water partition coefficient (Wildman–Crippen LogP) is 6.33. The number of thioether (sulfide) groups is 1. The van der Waals surface area contributed by atoms with Gasteiger partial charge in [-0.2, -0.15) is 4.98 Å². The van der Waals surface area contributed by atoms with Gasteiger partial charge in [0.15, 0.2) is 17.3 Å². The van der Waals surface area contributed by atoms with Gasteiger partial charge in [-0.3, -0.25) is 4.79 Å². The van der Waals surface area contributed by atoms with E-state index in [1.165, 1.54) is 5.56 Å². The van der Waals surface area contributed by atoms with Crippen LogP contribution >= 0.6 is 11.8 Å². The Balaban J connectivity index is 1.52. The van der Waals surface area contributed by atoms with Crippen LogP contribution in [-0.2, 0) is 11.4 Å². The lowest BCUT2D eigenvalue weighted by molar-refractivity contribution is -0.118. The van der Waals surface area contributed by atoms with Gasteiger partial charge in [0.2, 0.25) is 11.1 Å². The molecule has 1 aromatic heterocycles. The van der Waals surface area contributed by atoms with Gasteiger partial charge < -0.3 is 14.8 Å². The molecule has 1 aliphatic heterocycles. The summed E-state index contributed by atoms with van der Waals surface area (Å²) in [6, 6.07) is 13.8. The fraction of sp³-hybridized carbons (Fsp3) is 0.414. The number of hydrogen-bond acceptors (Lipinski definition) is 7. The standard InChI is InChI=1S/C29H34N4O3S/c1-6-12-37-28-31-27-30-21-15-29(3,4)16-22(34)25(21)26(33(27)32-28)20-10-11-23(24(14-20)35-5)36-17-19-9-7-8-18(2)13-19/h7-11,13-14,26H,6,12,15-17H2,1-5H3,(H,30,31,32). The van der Waals surface area contributed by atoms with E-state index < -0.39 is 0 Å². The number of ether oxygens (including phenoxy) is 2. The zero-order chi connectivity index (χ0) is 26.2. The zero-order valence-electron chi connectivity index (χ0n) is 22.1. The number of benzene rings is 2. The van der Waals surface area contributed by atoms with Crippen molar-refractivity contribution in [2.75, 3.05) is 18.2 Å². The van der Waals surface area contributed by atoms with Crippen LogP contribution in [0.25, 0.3) is 0 Å². The molecule has 2 aromatic carbocycles. The van der Waals surface area contributed by atoms with E-state index >= 15 is 0 Å². The Labute approximate surface area is 222 Å². The van der Waals surface area contributed by atoms with E-state index in [0.717, 1.165) is 41.0 Å². The topological polar surface area (TPSA) is 78.3 Å². The first-order valence-electron chi connectivity index (χ1n) is 12.8. The molecule has 194 valence electrons. The fourth-order valence-electron chi connectivity index (χ4n) is 5.09. The third-order valence-corrected chi connectivity index (χ3v) is 7.77. The smallest absolute Gasteiger partial charge is 0.227 e. The van der Waals surface area contributed by atoms with Gasteiger partial charge in [0.1, 0.15) is 12.6 Å². The van der Waals surface area contributed by atoms with Crippen molar-refractivity contribution in [2.24, 2.45) is 5.41 Å². The lowest BCUT2D eigenvalue weighted by Gasteiger charge is -2.38. The number of allylic oxidation sites excluding steroid dienone is 2. The van der Waals surface area contributed by atoms with Gasteiger partial charge >= 0.3 is 0 Å². The van der Waals surface area contributed by atoms with Gasteiger partial charge in [-0.15, -0.1) is 5.10 Å². The molecule has 0 saturated heterocycles. The molecule has 0 spiro atoms. The van der Waals surface area contributed by atoms with Gasteiger partial charge in [-0.1, -0.05) is 68.4 Å². The number of nitrogens with one attached hydrogen (secondary N) is 1. The van der Waals surface area contributed by atoms with Crippen LogP contribution in [-0.4, -0.2) is 33.4 Å². The Kier molecular flexibility index (Phi) is 7.03. The Hall–Kier alpha value is -3.26. The van der Waals surface area contributed by atoms with E-state index in [2.05, 4.69) is 45.1 Å². The third kappa shape index (κ3) is 5.25. The molecule has 1 aliphatic carbocycles. The van der Waals surface area contributed by atoms with E-state index in [1.807, 2.05) is 35.0 Å². The number of rotatable bonds is 8. The number of aromatic nitrogens is 3. The van der Waals surface area contributed by atoms with Crippen LogP contribution in [0.2, 0.25) is 0 Å². The van der Waals surface area contributed by atoms with Gasteiger partial charge in [-0.05, 0) is 48.4 Å². The summed E-state index contributed by atoms with van der Waals surface area (Å²) in [5, 5.41) is 8.97. The van der Waals surface area contributed by atoms with Crippen molar-refractivity contribution in [3.05, 3.63) is 70.4 Å². The molecule has 8 heteroatoms. The highest BCUT2D eigenvalue weighted by Gasteiger charge is 2.42. The molecule has 37 heavy (non-hydrogen) atoms. The third-order valence-electron chi connectivity index (χ3n) is 6.73. The van der Waals surface area contributed by atoms with E-state index in [4.69, 9.17) is 19.6 Å². The van der Waals surface area contributed by atoms with Crippen molar-refractivity contribution >= 4 is 23.5 Å². The summed E-state index contributed by atoms with van der Waals surface area (Å²) in [6.45, 7) is 8.92. The molecule has 3 aromatic rings. The van der Waals surface area contributed by atoms with E-state index in [-0.39, 0.29) is 17.2 Å². The number of aryl methyl sites for hydroxylation is 1. The van der Waals surface area contributed by atoms with Crippen LogP contribution in [0, 0.1) is 12.3 Å². The minimum atomic E-state index is -0.377. The summed E-state index contributed by atoms with van der Waals surface area (Å²) in [6.07, 6.45) is 2.32. The second-order valence-electron chi connectivity index (χ2n) is 10.6. The first kappa shape index (κ1) is 25.4. The largest absolute Gasteiger partial charge is 0.493 e. The molecule has 0 amide bonds. The van der Waals surface area contributed by atoms with Crippen LogP contribution in [0.1, 0.15) is 62.8 Å². The molecular formula is C29H34N4O3S. The molecule has 1 unspecified atom stereocenters. The van der Waals surface area contributed by atoms with Crippen molar-refractivity contribution in [1.82, 2.24) is 14.8 Å². The normalized spacial score (nSPS) is 18.2. The number of Topliss-reactive ketones (excluding diaryl/α,β-unsaturated/α-hetero) is 1. The number of carbonyl (C=O) groups excluding carboxylic acids is 1. The van der Waals surface area contributed by atoms with Crippen LogP contribution in [0.4, 0.5) is 5.95 Å². The van der Waals surface area contributed by atoms with Crippen LogP contribution in [0.3, 0.4) is 0 Å². The molecular weight excluding hydrogens is 484 g/mol. The molecule has 7 nitrogen and oxygen atoms in total. The fourth-order valence-corrected chi connectivity index (χ4v) is 5.77. The van der Waals surface area contributed by atoms with Gasteiger partial charge in [0.25, 0.3) is 0 Å². The van der Waals surface area contributed by atoms with Crippen molar-refractivity contribution in [3.63, 3.8) is 0 Å². The highest BCUT2D eigenvalue weighted by Crippen LogP contribution is 2.46. The number of nitrogens with zero attached hydrogens (tertiary/aromatic N) is 3. The molecule has 0 fully saturated rings. The molecule has 2 heterocycles. The summed E-state index contributed by atoms with van der Waals surface area (Å²) >= 11 is 1.63. The van der Waals surface area contributed by atoms with Crippen LogP contribution in [0.15, 0.2) is 58.9 Å². The Bertz CT molecular complexity index is 1360. The van der Waals surface area contributed by atoms with Crippen LogP contribution in [0.5, 0.6) is 11.5 Å². The number of ketones is 1. The number of hydrogen-bond donors (Lipinski definition) is 1. The first-order chi connectivity index (χ1) is 17.8. The maximum absolute atomic E-state index is 13.5. The Morgan fingerprint density at radius 1 is 1.16 bits per heavy atom. The second kappa shape index (κ2) is 10.2. The summed E-state index contributed by atoms with van der Waals surface area (Å²) in [5.74, 6) is 3.04. The number of carbonyl (C=O) groups is 1. The lowest BCUT2D eigenvalue weighted by atomic mass is 9.73. The minimum Gasteiger partial charge on any atom is -0.493 e. The average Bonchev–Trinajstić information content (AvgIpc) is 3.26. The molecule has 1 atom stereocenters. The maximum atomic E-state index is 13.5. The van der Waals surface area contributed by atoms with Gasteiger partial charge in [0, 0.05) is 23.4 Å². The number of anilines is 1. The maximum Gasteiger partial charge on any atom is 0.227 e. The zero-order valence-corrected chi connectivity index (χ0v) is 22.9. The van der Waals surface area contributed by atoms with Crippen molar-refractivity contribution < 1.29 is 14.3 Å². The van der Waals surface area contributed by atoms with Crippen molar-refractivity contribution in [2.45, 2.75) is 64.8 Å². The first-order valence-corrected chi connectivity index (χ1v) is 13.8. The monoisotopic (exact) mass is 518 g/mol. The summed E-state index contributed by atoms with van der Waals surface area (Å²) in [7, 11) is 1.64. The molecule has 0 bridgehead atoms. The Morgan fingerprint density at radius 3 is 2.76 bits per heavy atom. The Morgan fingerprint density at radius 2 is 2.00 bits per heavy atom. The second-order valence-corrected chi connectivity index (χ2v) is 11.6. The van der Waals surface area contributed by atoms with Crippen molar-refractivity contribution in [3.8, 4) is 11.5 Å². The molecule has 2 aliphatic rings.